The molecule has 0 aliphatic rings. The summed E-state index contributed by atoms with van der Waals surface area (Å²) in [7, 11) is 3.40. The third-order valence-corrected chi connectivity index (χ3v) is 2.99. The van der Waals surface area contributed by atoms with Gasteiger partial charge in [-0.15, -0.1) is 0 Å². The van der Waals surface area contributed by atoms with Crippen molar-refractivity contribution in [1.29, 1.82) is 0 Å². The van der Waals surface area contributed by atoms with Crippen LogP contribution in [0, 0.1) is 0 Å². The highest BCUT2D eigenvalue weighted by Gasteiger charge is 2.12. The van der Waals surface area contributed by atoms with Crippen molar-refractivity contribution >= 4 is 11.6 Å². The predicted molar refractivity (Wildman–Crippen MR) is 75.7 cm³/mol. The lowest BCUT2D eigenvalue weighted by Crippen LogP contribution is -2.35. The fraction of sp³-hybridized carbons (Fsp3) is 0.571. The summed E-state index contributed by atoms with van der Waals surface area (Å²) in [4.78, 5) is 0. The van der Waals surface area contributed by atoms with Crippen LogP contribution in [0.1, 0.15) is 18.9 Å². The highest BCUT2D eigenvalue weighted by molar-refractivity contribution is 6.30. The van der Waals surface area contributed by atoms with Crippen molar-refractivity contribution in [2.75, 3.05) is 27.4 Å². The van der Waals surface area contributed by atoms with Crippen molar-refractivity contribution in [2.45, 2.75) is 25.8 Å². The number of halogens is 1. The second-order valence-electron chi connectivity index (χ2n) is 4.27. The lowest BCUT2D eigenvalue weighted by Gasteiger charge is -2.19. The molecule has 0 heterocycles. The van der Waals surface area contributed by atoms with Crippen LogP contribution in [0.15, 0.2) is 18.2 Å². The molecule has 0 aliphatic heterocycles. The smallest absolute Gasteiger partial charge is 0.122 e. The van der Waals surface area contributed by atoms with Gasteiger partial charge in [-0.2, -0.15) is 0 Å². The Morgan fingerprint density at radius 3 is 2.72 bits per heavy atom. The molecule has 0 saturated heterocycles. The maximum absolute atomic E-state index is 6.03. The molecule has 102 valence electrons. The van der Waals surface area contributed by atoms with Gasteiger partial charge in [0.05, 0.1) is 13.7 Å². The van der Waals surface area contributed by atoms with Crippen LogP contribution in [-0.2, 0) is 11.2 Å². The number of rotatable bonds is 8. The second-order valence-corrected chi connectivity index (χ2v) is 4.70. The second kappa shape index (κ2) is 8.35. The van der Waals surface area contributed by atoms with Gasteiger partial charge in [-0.3, -0.25) is 0 Å². The van der Waals surface area contributed by atoms with Crippen LogP contribution >= 0.6 is 11.6 Å². The van der Waals surface area contributed by atoms with Crippen LogP contribution in [-0.4, -0.2) is 33.4 Å². The molecule has 3 nitrogen and oxygen atoms in total. The van der Waals surface area contributed by atoms with Gasteiger partial charge < -0.3 is 14.8 Å². The Morgan fingerprint density at radius 1 is 1.33 bits per heavy atom. The molecule has 0 fully saturated rings. The average molecular weight is 272 g/mol. The van der Waals surface area contributed by atoms with Crippen LogP contribution < -0.4 is 10.1 Å². The van der Waals surface area contributed by atoms with Gasteiger partial charge in [0.15, 0.2) is 0 Å². The van der Waals surface area contributed by atoms with E-state index in [0.717, 1.165) is 35.7 Å². The molecule has 1 N–H and O–H groups in total. The summed E-state index contributed by atoms with van der Waals surface area (Å²) in [6.45, 7) is 3.81. The monoisotopic (exact) mass is 271 g/mol. The van der Waals surface area contributed by atoms with E-state index in [0.29, 0.717) is 6.61 Å². The number of ether oxygens (including phenoxy) is 2. The van der Waals surface area contributed by atoms with Crippen molar-refractivity contribution < 1.29 is 9.47 Å². The van der Waals surface area contributed by atoms with Gasteiger partial charge in [0.2, 0.25) is 0 Å². The van der Waals surface area contributed by atoms with Crippen molar-refractivity contribution in [3.8, 4) is 5.75 Å². The summed E-state index contributed by atoms with van der Waals surface area (Å²) < 4.78 is 10.6. The number of benzene rings is 1. The van der Waals surface area contributed by atoms with Gasteiger partial charge in [-0.25, -0.2) is 0 Å². The van der Waals surface area contributed by atoms with E-state index < -0.39 is 0 Å². The zero-order valence-electron chi connectivity index (χ0n) is 11.3. The average Bonchev–Trinajstić information content (AvgIpc) is 2.36. The van der Waals surface area contributed by atoms with E-state index in [1.165, 1.54) is 0 Å². The van der Waals surface area contributed by atoms with Gasteiger partial charge in [-0.1, -0.05) is 18.5 Å². The van der Waals surface area contributed by atoms with E-state index in [4.69, 9.17) is 21.1 Å². The topological polar surface area (TPSA) is 30.5 Å². The van der Waals surface area contributed by atoms with E-state index in [1.807, 2.05) is 18.2 Å². The molecule has 4 heteroatoms. The molecule has 0 saturated carbocycles. The summed E-state index contributed by atoms with van der Waals surface area (Å²) in [5.74, 6) is 0.874. The van der Waals surface area contributed by atoms with Crippen LogP contribution in [0.2, 0.25) is 5.02 Å². The molecule has 1 aromatic carbocycles. The first kappa shape index (κ1) is 15.3. The summed E-state index contributed by atoms with van der Waals surface area (Å²) in [6, 6.07) is 5.98. The Kier molecular flexibility index (Phi) is 7.09. The zero-order valence-corrected chi connectivity index (χ0v) is 12.1. The summed E-state index contributed by atoms with van der Waals surface area (Å²) >= 11 is 6.03. The van der Waals surface area contributed by atoms with Crippen molar-refractivity contribution in [2.24, 2.45) is 0 Å². The Bertz CT molecular complexity index is 358. The fourth-order valence-electron chi connectivity index (χ4n) is 1.91. The summed E-state index contributed by atoms with van der Waals surface area (Å²) in [6.07, 6.45) is 1.95. The number of nitrogens with one attached hydrogen (secondary N) is 1. The van der Waals surface area contributed by atoms with Crippen molar-refractivity contribution in [3.05, 3.63) is 28.8 Å². The maximum atomic E-state index is 6.03. The van der Waals surface area contributed by atoms with Gasteiger partial charge >= 0.3 is 0 Å². The number of hydrogen-bond acceptors (Lipinski definition) is 3. The number of hydrogen-bond donors (Lipinski definition) is 1. The minimum Gasteiger partial charge on any atom is -0.496 e. The first-order valence-electron chi connectivity index (χ1n) is 6.26. The van der Waals surface area contributed by atoms with Crippen molar-refractivity contribution in [3.63, 3.8) is 0 Å². The molecule has 0 amide bonds. The normalized spacial score (nSPS) is 12.4. The molecule has 1 rings (SSSR count). The third-order valence-electron chi connectivity index (χ3n) is 2.76. The number of methoxy groups -OCH3 is 2. The van der Waals surface area contributed by atoms with Gasteiger partial charge in [0.25, 0.3) is 0 Å². The van der Waals surface area contributed by atoms with Crippen LogP contribution in [0.4, 0.5) is 0 Å². The third kappa shape index (κ3) is 4.84. The summed E-state index contributed by atoms with van der Waals surface area (Å²) in [5.41, 5.74) is 1.11. The molecular formula is C14H22ClNO2. The highest BCUT2D eigenvalue weighted by Crippen LogP contribution is 2.23. The Balaban J connectivity index is 2.74. The van der Waals surface area contributed by atoms with Crippen LogP contribution in [0.3, 0.4) is 0 Å². The minimum atomic E-state index is 0.280. The van der Waals surface area contributed by atoms with Gasteiger partial charge in [0.1, 0.15) is 5.75 Å². The molecule has 0 bridgehead atoms. The van der Waals surface area contributed by atoms with Crippen LogP contribution in [0.25, 0.3) is 0 Å². The van der Waals surface area contributed by atoms with E-state index in [2.05, 4.69) is 12.2 Å². The first-order valence-corrected chi connectivity index (χ1v) is 6.63. The zero-order chi connectivity index (χ0) is 13.4. The molecule has 0 aromatic heterocycles. The fourth-order valence-corrected chi connectivity index (χ4v) is 2.11. The minimum absolute atomic E-state index is 0.280. The molecule has 1 aromatic rings. The highest BCUT2D eigenvalue weighted by atomic mass is 35.5. The largest absolute Gasteiger partial charge is 0.496 e. The molecule has 0 aliphatic carbocycles. The quantitative estimate of drug-likeness (QED) is 0.789. The van der Waals surface area contributed by atoms with E-state index >= 15 is 0 Å². The van der Waals surface area contributed by atoms with E-state index in [-0.39, 0.29) is 6.04 Å². The van der Waals surface area contributed by atoms with E-state index in [1.54, 1.807) is 14.2 Å². The molecule has 1 unspecified atom stereocenters. The molecule has 0 spiro atoms. The van der Waals surface area contributed by atoms with Crippen molar-refractivity contribution in [1.82, 2.24) is 5.32 Å². The molecule has 1 atom stereocenters. The summed E-state index contributed by atoms with van der Waals surface area (Å²) in [5, 5.41) is 4.20. The Morgan fingerprint density at radius 2 is 2.11 bits per heavy atom. The Hall–Kier alpha value is -0.770. The molecule has 18 heavy (non-hydrogen) atoms. The Labute approximate surface area is 114 Å². The lowest BCUT2D eigenvalue weighted by molar-refractivity contribution is 0.166. The maximum Gasteiger partial charge on any atom is 0.122 e. The predicted octanol–water partition coefficient (Wildman–Crippen LogP) is 2.91. The first-order chi connectivity index (χ1) is 8.71. The molecule has 0 radical (unpaired) electrons. The van der Waals surface area contributed by atoms with E-state index in [9.17, 15) is 0 Å². The standard InChI is InChI=1S/C14H22ClNO2/c1-4-7-16-13(10-17-2)9-11-8-12(15)5-6-14(11)18-3/h5-6,8,13,16H,4,7,9-10H2,1-3H3. The van der Waals surface area contributed by atoms with Crippen LogP contribution in [0.5, 0.6) is 5.75 Å². The molecular weight excluding hydrogens is 250 g/mol. The van der Waals surface area contributed by atoms with Gasteiger partial charge in [-0.05, 0) is 43.1 Å². The van der Waals surface area contributed by atoms with Gasteiger partial charge in [0, 0.05) is 18.2 Å². The lowest BCUT2D eigenvalue weighted by atomic mass is 10.1. The SMILES string of the molecule is CCCNC(COC)Cc1cc(Cl)ccc1OC.